The van der Waals surface area contributed by atoms with Crippen molar-refractivity contribution in [2.45, 2.75) is 32.2 Å². The third kappa shape index (κ3) is 4.90. The predicted molar refractivity (Wildman–Crippen MR) is 95.1 cm³/mol. The maximum absolute atomic E-state index is 12.3. The Labute approximate surface area is 147 Å². The third-order valence-corrected chi connectivity index (χ3v) is 4.35. The second kappa shape index (κ2) is 8.60. The quantitative estimate of drug-likeness (QED) is 0.703. The van der Waals surface area contributed by atoms with Gasteiger partial charge in [-0.15, -0.1) is 0 Å². The van der Waals surface area contributed by atoms with Crippen molar-refractivity contribution in [2.24, 2.45) is 0 Å². The van der Waals surface area contributed by atoms with E-state index < -0.39 is 0 Å². The highest BCUT2D eigenvalue weighted by atomic mass is 35.5. The summed E-state index contributed by atoms with van der Waals surface area (Å²) in [6, 6.07) is 10.6. The first-order chi connectivity index (χ1) is 11.5. The third-order valence-electron chi connectivity index (χ3n) is 4.10. The Morgan fingerprint density at radius 3 is 2.50 bits per heavy atom. The van der Waals surface area contributed by atoms with Crippen LogP contribution in [0.15, 0.2) is 48.8 Å². The maximum atomic E-state index is 12.3. The summed E-state index contributed by atoms with van der Waals surface area (Å²) in [6.07, 6.45) is 4.70. The molecule has 2 aromatic rings. The Kier molecular flexibility index (Phi) is 6.50. The number of rotatable bonds is 7. The molecule has 0 aliphatic heterocycles. The van der Waals surface area contributed by atoms with Gasteiger partial charge in [0.1, 0.15) is 0 Å². The molecule has 1 aromatic carbocycles. The Balaban J connectivity index is 1.82. The van der Waals surface area contributed by atoms with Crippen molar-refractivity contribution in [3.8, 4) is 0 Å². The molecule has 1 atom stereocenters. The van der Waals surface area contributed by atoms with Gasteiger partial charge in [0.15, 0.2) is 5.78 Å². The van der Waals surface area contributed by atoms with Crippen LogP contribution in [0.2, 0.25) is 5.02 Å². The van der Waals surface area contributed by atoms with Crippen molar-refractivity contribution < 1.29 is 9.59 Å². The highest BCUT2D eigenvalue weighted by Crippen LogP contribution is 2.19. The van der Waals surface area contributed by atoms with E-state index >= 15 is 0 Å². The zero-order valence-electron chi connectivity index (χ0n) is 13.9. The summed E-state index contributed by atoms with van der Waals surface area (Å²) in [5.74, 6) is 0.0534. The molecule has 24 heavy (non-hydrogen) atoms. The molecule has 0 fully saturated rings. The molecule has 0 N–H and O–H groups in total. The first-order valence-corrected chi connectivity index (χ1v) is 8.31. The number of ketones is 1. The molecule has 1 heterocycles. The molecule has 2 rings (SSSR count). The summed E-state index contributed by atoms with van der Waals surface area (Å²) >= 11 is 5.81. The molecule has 1 aromatic heterocycles. The van der Waals surface area contributed by atoms with E-state index in [0.29, 0.717) is 29.8 Å². The minimum atomic E-state index is -0.0434. The van der Waals surface area contributed by atoms with E-state index in [2.05, 4.69) is 4.98 Å². The topological polar surface area (TPSA) is 50.3 Å². The van der Waals surface area contributed by atoms with Gasteiger partial charge in [-0.05, 0) is 49.2 Å². The van der Waals surface area contributed by atoms with Gasteiger partial charge in [0.2, 0.25) is 5.91 Å². The number of carbonyl (C=O) groups excluding carboxylic acids is 2. The number of aromatic nitrogens is 1. The molecule has 0 unspecified atom stereocenters. The van der Waals surface area contributed by atoms with Crippen LogP contribution in [0.4, 0.5) is 0 Å². The molecule has 0 saturated heterocycles. The SMILES string of the molecule is C[C@H](c1cccnc1)N(C)C(=O)CCCC(=O)c1ccc(Cl)cc1. The molecule has 0 radical (unpaired) electrons. The van der Waals surface area contributed by atoms with Gasteiger partial charge in [-0.1, -0.05) is 17.7 Å². The van der Waals surface area contributed by atoms with Crippen LogP contribution in [-0.2, 0) is 4.79 Å². The summed E-state index contributed by atoms with van der Waals surface area (Å²) < 4.78 is 0. The number of nitrogens with zero attached hydrogens (tertiary/aromatic N) is 2. The molecule has 0 bridgehead atoms. The molecule has 0 aliphatic rings. The van der Waals surface area contributed by atoms with E-state index in [1.54, 1.807) is 48.6 Å². The van der Waals surface area contributed by atoms with Crippen LogP contribution in [0.5, 0.6) is 0 Å². The summed E-state index contributed by atoms with van der Waals surface area (Å²) in [6.45, 7) is 1.97. The number of carbonyl (C=O) groups is 2. The number of hydrogen-bond donors (Lipinski definition) is 0. The summed E-state index contributed by atoms with van der Waals surface area (Å²) in [4.78, 5) is 30.2. The fourth-order valence-electron chi connectivity index (χ4n) is 2.42. The first-order valence-electron chi connectivity index (χ1n) is 7.93. The van der Waals surface area contributed by atoms with Crippen molar-refractivity contribution in [1.82, 2.24) is 9.88 Å². The lowest BCUT2D eigenvalue weighted by Gasteiger charge is -2.25. The smallest absolute Gasteiger partial charge is 0.222 e. The van der Waals surface area contributed by atoms with Crippen LogP contribution >= 0.6 is 11.6 Å². The van der Waals surface area contributed by atoms with Gasteiger partial charge in [0.25, 0.3) is 0 Å². The van der Waals surface area contributed by atoms with Crippen LogP contribution in [0.3, 0.4) is 0 Å². The number of benzene rings is 1. The molecule has 4 nitrogen and oxygen atoms in total. The summed E-state index contributed by atoms with van der Waals surface area (Å²) in [5.41, 5.74) is 1.62. The second-order valence-electron chi connectivity index (χ2n) is 5.75. The highest BCUT2D eigenvalue weighted by Gasteiger charge is 2.17. The van der Waals surface area contributed by atoms with E-state index in [-0.39, 0.29) is 17.7 Å². The van der Waals surface area contributed by atoms with Crippen LogP contribution in [0.25, 0.3) is 0 Å². The predicted octanol–water partition coefficient (Wildman–Crippen LogP) is 4.31. The van der Waals surface area contributed by atoms with Gasteiger partial charge in [-0.2, -0.15) is 0 Å². The average molecular weight is 345 g/mol. The largest absolute Gasteiger partial charge is 0.339 e. The van der Waals surface area contributed by atoms with Crippen molar-refractivity contribution >= 4 is 23.3 Å². The van der Waals surface area contributed by atoms with E-state index in [1.165, 1.54) is 0 Å². The minimum absolute atomic E-state index is 0.0234. The molecule has 1 amide bonds. The molecule has 126 valence electrons. The van der Waals surface area contributed by atoms with Crippen LogP contribution < -0.4 is 0 Å². The van der Waals surface area contributed by atoms with Crippen LogP contribution in [0, 0.1) is 0 Å². The summed E-state index contributed by atoms with van der Waals surface area (Å²) in [5, 5.41) is 0.604. The number of Topliss-reactive ketones (excluding diaryl/α,β-unsaturated/α-hetero) is 1. The number of hydrogen-bond acceptors (Lipinski definition) is 3. The minimum Gasteiger partial charge on any atom is -0.339 e. The standard InChI is InChI=1S/C19H21ClN2O2/c1-14(16-5-4-12-21-13-16)22(2)19(24)7-3-6-18(23)15-8-10-17(20)11-9-15/h4-5,8-14H,3,6-7H2,1-2H3/t14-/m1/s1. The monoisotopic (exact) mass is 344 g/mol. The molecule has 0 aliphatic carbocycles. The number of pyridine rings is 1. The number of amides is 1. The lowest BCUT2D eigenvalue weighted by molar-refractivity contribution is -0.131. The van der Waals surface area contributed by atoms with Gasteiger partial charge in [0.05, 0.1) is 6.04 Å². The second-order valence-corrected chi connectivity index (χ2v) is 6.19. The Morgan fingerprint density at radius 1 is 1.17 bits per heavy atom. The van der Waals surface area contributed by atoms with Gasteiger partial charge in [-0.25, -0.2) is 0 Å². The van der Waals surface area contributed by atoms with Gasteiger partial charge >= 0.3 is 0 Å². The molecular formula is C19H21ClN2O2. The fourth-order valence-corrected chi connectivity index (χ4v) is 2.55. The zero-order valence-corrected chi connectivity index (χ0v) is 14.7. The van der Waals surface area contributed by atoms with Crippen molar-refractivity contribution in [1.29, 1.82) is 0 Å². The van der Waals surface area contributed by atoms with E-state index in [9.17, 15) is 9.59 Å². The van der Waals surface area contributed by atoms with E-state index in [1.807, 2.05) is 19.1 Å². The van der Waals surface area contributed by atoms with Crippen molar-refractivity contribution in [2.75, 3.05) is 7.05 Å². The molecular weight excluding hydrogens is 324 g/mol. The Bertz CT molecular complexity index is 686. The van der Waals surface area contributed by atoms with Crippen LogP contribution in [0.1, 0.15) is 48.1 Å². The maximum Gasteiger partial charge on any atom is 0.222 e. The lowest BCUT2D eigenvalue weighted by atomic mass is 10.0. The zero-order chi connectivity index (χ0) is 17.5. The van der Waals surface area contributed by atoms with E-state index in [4.69, 9.17) is 11.6 Å². The van der Waals surface area contributed by atoms with Crippen molar-refractivity contribution in [3.05, 3.63) is 64.9 Å². The van der Waals surface area contributed by atoms with E-state index in [0.717, 1.165) is 5.56 Å². The summed E-state index contributed by atoms with van der Waals surface area (Å²) in [7, 11) is 1.78. The first kappa shape index (κ1) is 18.1. The van der Waals surface area contributed by atoms with Crippen LogP contribution in [-0.4, -0.2) is 28.6 Å². The fraction of sp³-hybridized carbons (Fsp3) is 0.316. The number of halogens is 1. The normalized spacial score (nSPS) is 11.8. The Morgan fingerprint density at radius 2 is 1.88 bits per heavy atom. The molecule has 0 saturated carbocycles. The Hall–Kier alpha value is -2.20. The van der Waals surface area contributed by atoms with Crippen molar-refractivity contribution in [3.63, 3.8) is 0 Å². The lowest BCUT2D eigenvalue weighted by Crippen LogP contribution is -2.29. The highest BCUT2D eigenvalue weighted by molar-refractivity contribution is 6.30. The van der Waals surface area contributed by atoms with Gasteiger partial charge < -0.3 is 4.90 Å². The molecule has 0 spiro atoms. The van der Waals surface area contributed by atoms with Gasteiger partial charge in [-0.3, -0.25) is 14.6 Å². The van der Waals surface area contributed by atoms with Gasteiger partial charge in [0, 0.05) is 42.9 Å². The molecule has 5 heteroatoms. The average Bonchev–Trinajstić information content (AvgIpc) is 2.61.